The highest BCUT2D eigenvalue weighted by molar-refractivity contribution is 7.99. The van der Waals surface area contributed by atoms with Crippen LogP contribution >= 0.6 is 23.4 Å². The van der Waals surface area contributed by atoms with E-state index in [1.54, 1.807) is 36.4 Å². The molecule has 0 aliphatic heterocycles. The lowest BCUT2D eigenvalue weighted by molar-refractivity contribution is -0.113. The standard InChI is InChI=1S/C19H15ClF2N2O3S/c20-13-7-5-12(6-8-13)18-23-14(9-26-18)10-28-11-17(25)24-15-3-1-2-4-16(15)27-19(21)22/h1-9,19H,10-11H2,(H,24,25). The fraction of sp³-hybridized carbons (Fsp3) is 0.158. The number of ether oxygens (including phenoxy) is 1. The molecule has 0 unspecified atom stereocenters. The van der Waals surface area contributed by atoms with Gasteiger partial charge in [-0.1, -0.05) is 23.7 Å². The largest absolute Gasteiger partial charge is 0.444 e. The predicted octanol–water partition coefficient (Wildman–Crippen LogP) is 5.47. The molecule has 0 aliphatic carbocycles. The molecule has 0 saturated carbocycles. The Hall–Kier alpha value is -2.58. The van der Waals surface area contributed by atoms with Gasteiger partial charge in [0.05, 0.1) is 17.1 Å². The molecule has 3 rings (SSSR count). The lowest BCUT2D eigenvalue weighted by Gasteiger charge is -2.11. The Morgan fingerprint density at radius 3 is 2.71 bits per heavy atom. The molecule has 1 heterocycles. The lowest BCUT2D eigenvalue weighted by atomic mass is 10.2. The van der Waals surface area contributed by atoms with Gasteiger partial charge in [-0.2, -0.15) is 8.78 Å². The minimum atomic E-state index is -2.96. The van der Waals surface area contributed by atoms with E-state index in [1.165, 1.54) is 30.2 Å². The quantitative estimate of drug-likeness (QED) is 0.519. The highest BCUT2D eigenvalue weighted by Gasteiger charge is 2.12. The minimum absolute atomic E-state index is 0.0834. The number of oxazole rings is 1. The monoisotopic (exact) mass is 424 g/mol. The summed E-state index contributed by atoms with van der Waals surface area (Å²) in [5, 5.41) is 3.19. The Kier molecular flexibility index (Phi) is 6.89. The summed E-state index contributed by atoms with van der Waals surface area (Å²) >= 11 is 7.18. The summed E-state index contributed by atoms with van der Waals surface area (Å²) < 4.78 is 34.6. The normalized spacial score (nSPS) is 10.9. The molecule has 1 N–H and O–H groups in total. The van der Waals surface area contributed by atoms with Gasteiger partial charge in [0.1, 0.15) is 12.0 Å². The number of aromatic nitrogens is 1. The summed E-state index contributed by atoms with van der Waals surface area (Å²) in [6.07, 6.45) is 1.53. The molecule has 0 aliphatic rings. The zero-order valence-electron chi connectivity index (χ0n) is 14.4. The summed E-state index contributed by atoms with van der Waals surface area (Å²) in [5.41, 5.74) is 1.68. The summed E-state index contributed by atoms with van der Waals surface area (Å²) in [7, 11) is 0. The molecule has 0 radical (unpaired) electrons. The van der Waals surface area contributed by atoms with E-state index in [9.17, 15) is 13.6 Å². The van der Waals surface area contributed by atoms with Crippen LogP contribution in [0.3, 0.4) is 0 Å². The van der Waals surface area contributed by atoms with Crippen LogP contribution in [-0.4, -0.2) is 23.3 Å². The molecule has 0 saturated heterocycles. The Bertz CT molecular complexity index is 935. The van der Waals surface area contributed by atoms with E-state index in [0.717, 1.165) is 5.56 Å². The Morgan fingerprint density at radius 2 is 1.96 bits per heavy atom. The molecule has 9 heteroatoms. The molecular weight excluding hydrogens is 410 g/mol. The van der Waals surface area contributed by atoms with Crippen molar-refractivity contribution in [1.82, 2.24) is 4.98 Å². The SMILES string of the molecule is O=C(CSCc1coc(-c2ccc(Cl)cc2)n1)Nc1ccccc1OC(F)F. The third-order valence-electron chi connectivity index (χ3n) is 3.50. The summed E-state index contributed by atoms with van der Waals surface area (Å²) in [5.74, 6) is 0.623. The minimum Gasteiger partial charge on any atom is -0.444 e. The third-order valence-corrected chi connectivity index (χ3v) is 4.72. The number of amides is 1. The van der Waals surface area contributed by atoms with Crippen molar-refractivity contribution in [3.05, 3.63) is 65.5 Å². The second kappa shape index (κ2) is 9.57. The number of hydrogen-bond donors (Lipinski definition) is 1. The van der Waals surface area contributed by atoms with Crippen LogP contribution in [0.5, 0.6) is 5.75 Å². The molecule has 146 valence electrons. The zero-order chi connectivity index (χ0) is 19.9. The molecule has 3 aromatic rings. The molecule has 1 amide bonds. The Labute approximate surface area is 169 Å². The van der Waals surface area contributed by atoms with Gasteiger partial charge >= 0.3 is 6.61 Å². The van der Waals surface area contributed by atoms with Crippen LogP contribution in [0.15, 0.2) is 59.2 Å². The highest BCUT2D eigenvalue weighted by atomic mass is 35.5. The fourth-order valence-electron chi connectivity index (χ4n) is 2.30. The summed E-state index contributed by atoms with van der Waals surface area (Å²) in [6.45, 7) is -2.96. The highest BCUT2D eigenvalue weighted by Crippen LogP contribution is 2.26. The number of thioether (sulfide) groups is 1. The molecule has 0 atom stereocenters. The number of rotatable bonds is 8. The van der Waals surface area contributed by atoms with Crippen molar-refractivity contribution >= 4 is 35.0 Å². The van der Waals surface area contributed by atoms with Gasteiger partial charge < -0.3 is 14.5 Å². The van der Waals surface area contributed by atoms with Gasteiger partial charge in [-0.3, -0.25) is 4.79 Å². The van der Waals surface area contributed by atoms with Gasteiger partial charge in [0.25, 0.3) is 0 Å². The van der Waals surface area contributed by atoms with Crippen LogP contribution in [-0.2, 0) is 10.5 Å². The Morgan fingerprint density at radius 1 is 1.21 bits per heavy atom. The number of carbonyl (C=O) groups excluding carboxylic acids is 1. The molecule has 28 heavy (non-hydrogen) atoms. The number of hydrogen-bond acceptors (Lipinski definition) is 5. The number of halogens is 3. The number of anilines is 1. The first-order valence-electron chi connectivity index (χ1n) is 8.13. The lowest BCUT2D eigenvalue weighted by Crippen LogP contribution is -2.15. The molecule has 1 aromatic heterocycles. The van der Waals surface area contributed by atoms with E-state index in [2.05, 4.69) is 15.0 Å². The van der Waals surface area contributed by atoms with Gasteiger partial charge in [-0.15, -0.1) is 11.8 Å². The first kappa shape index (κ1) is 20.2. The van der Waals surface area contributed by atoms with Crippen molar-refractivity contribution in [1.29, 1.82) is 0 Å². The van der Waals surface area contributed by atoms with Gasteiger partial charge in [0, 0.05) is 16.3 Å². The van der Waals surface area contributed by atoms with Crippen molar-refractivity contribution in [2.45, 2.75) is 12.4 Å². The maximum absolute atomic E-state index is 12.4. The van der Waals surface area contributed by atoms with Gasteiger partial charge in [0.15, 0.2) is 0 Å². The van der Waals surface area contributed by atoms with Crippen LogP contribution in [0, 0.1) is 0 Å². The molecule has 0 spiro atoms. The van der Waals surface area contributed by atoms with Crippen LogP contribution in [0.1, 0.15) is 5.69 Å². The van der Waals surface area contributed by atoms with Crippen LogP contribution < -0.4 is 10.1 Å². The Balaban J connectivity index is 1.50. The van der Waals surface area contributed by atoms with Crippen LogP contribution in [0.25, 0.3) is 11.5 Å². The van der Waals surface area contributed by atoms with Crippen molar-refractivity contribution in [2.75, 3.05) is 11.1 Å². The van der Waals surface area contributed by atoms with Crippen molar-refractivity contribution < 1.29 is 22.7 Å². The van der Waals surface area contributed by atoms with E-state index in [0.29, 0.717) is 22.4 Å². The van der Waals surface area contributed by atoms with Crippen LogP contribution in [0.4, 0.5) is 14.5 Å². The van der Waals surface area contributed by atoms with Gasteiger partial charge in [-0.05, 0) is 36.4 Å². The maximum Gasteiger partial charge on any atom is 0.387 e. The third kappa shape index (κ3) is 5.71. The summed E-state index contributed by atoms with van der Waals surface area (Å²) in [4.78, 5) is 16.4. The molecule has 5 nitrogen and oxygen atoms in total. The van der Waals surface area contributed by atoms with E-state index >= 15 is 0 Å². The van der Waals surface area contributed by atoms with E-state index < -0.39 is 6.61 Å². The van der Waals surface area contributed by atoms with E-state index in [-0.39, 0.29) is 23.1 Å². The van der Waals surface area contributed by atoms with Gasteiger partial charge in [-0.25, -0.2) is 4.98 Å². The molecule has 2 aromatic carbocycles. The number of alkyl halides is 2. The maximum atomic E-state index is 12.4. The van der Waals surface area contributed by atoms with Gasteiger partial charge in [0.2, 0.25) is 11.8 Å². The number of benzene rings is 2. The van der Waals surface area contributed by atoms with E-state index in [1.807, 2.05) is 0 Å². The van der Waals surface area contributed by atoms with Crippen molar-refractivity contribution in [2.24, 2.45) is 0 Å². The number of nitrogens with zero attached hydrogens (tertiary/aromatic N) is 1. The first-order chi connectivity index (χ1) is 13.5. The first-order valence-corrected chi connectivity index (χ1v) is 9.66. The van der Waals surface area contributed by atoms with Crippen molar-refractivity contribution in [3.63, 3.8) is 0 Å². The smallest absolute Gasteiger partial charge is 0.387 e. The average Bonchev–Trinajstić information content (AvgIpc) is 3.12. The van der Waals surface area contributed by atoms with Crippen LogP contribution in [0.2, 0.25) is 5.02 Å². The molecule has 0 bridgehead atoms. The average molecular weight is 425 g/mol. The molecular formula is C19H15ClF2N2O3S. The zero-order valence-corrected chi connectivity index (χ0v) is 16.0. The topological polar surface area (TPSA) is 64.4 Å². The fourth-order valence-corrected chi connectivity index (χ4v) is 3.13. The van der Waals surface area contributed by atoms with E-state index in [4.69, 9.17) is 16.0 Å². The number of nitrogens with one attached hydrogen (secondary N) is 1. The predicted molar refractivity (Wildman–Crippen MR) is 105 cm³/mol. The summed E-state index contributed by atoms with van der Waals surface area (Å²) in [6, 6.07) is 13.1. The molecule has 0 fully saturated rings. The van der Waals surface area contributed by atoms with Crippen molar-refractivity contribution in [3.8, 4) is 17.2 Å². The number of para-hydroxylation sites is 2. The second-order valence-electron chi connectivity index (χ2n) is 5.57. The number of carbonyl (C=O) groups is 1. The second-order valence-corrected chi connectivity index (χ2v) is 6.99.